The van der Waals surface area contributed by atoms with Crippen molar-refractivity contribution in [2.45, 2.75) is 63.0 Å². The summed E-state index contributed by atoms with van der Waals surface area (Å²) in [5.74, 6) is -7.28. The summed E-state index contributed by atoms with van der Waals surface area (Å²) >= 11 is 0. The van der Waals surface area contributed by atoms with Gasteiger partial charge >= 0.3 is 6.18 Å². The molecule has 1 aromatic rings. The number of benzene rings is 1. The molecule has 32 heavy (non-hydrogen) atoms. The Hall–Kier alpha value is -2.43. The highest BCUT2D eigenvalue weighted by atomic mass is 19.4. The van der Waals surface area contributed by atoms with Crippen LogP contribution in [0.2, 0.25) is 0 Å². The number of amides is 2. The van der Waals surface area contributed by atoms with Gasteiger partial charge in [-0.05, 0) is 32.3 Å². The van der Waals surface area contributed by atoms with Crippen molar-refractivity contribution in [2.75, 3.05) is 13.7 Å². The van der Waals surface area contributed by atoms with Crippen LogP contribution in [-0.4, -0.2) is 49.4 Å². The van der Waals surface area contributed by atoms with E-state index in [4.69, 9.17) is 9.47 Å². The van der Waals surface area contributed by atoms with E-state index in [1.54, 1.807) is 0 Å². The lowest BCUT2D eigenvalue weighted by Gasteiger charge is -2.32. The molecule has 5 atom stereocenters. The van der Waals surface area contributed by atoms with Crippen molar-refractivity contribution in [3.05, 3.63) is 29.3 Å². The van der Waals surface area contributed by atoms with Gasteiger partial charge in [0.1, 0.15) is 12.1 Å². The molecule has 1 aromatic carbocycles. The Morgan fingerprint density at radius 2 is 1.97 bits per heavy atom. The molecule has 178 valence electrons. The SMILES string of the molecule is COc1c([C@H]2[C@H](C(=O)N[C@H]3CCCCNC3=O)O[C@@](C)(C(F)(F)F)[C@H]2C)ccc(F)c1F. The Kier molecular flexibility index (Phi) is 6.69. The van der Waals surface area contributed by atoms with Gasteiger partial charge in [0.15, 0.2) is 17.2 Å². The summed E-state index contributed by atoms with van der Waals surface area (Å²) in [6.45, 7) is 2.47. The summed E-state index contributed by atoms with van der Waals surface area (Å²) in [6, 6.07) is 0.911. The van der Waals surface area contributed by atoms with Crippen molar-refractivity contribution in [1.82, 2.24) is 10.6 Å². The molecule has 6 nitrogen and oxygen atoms in total. The third-order valence-electron chi connectivity index (χ3n) is 6.42. The lowest BCUT2D eigenvalue weighted by molar-refractivity contribution is -0.272. The van der Waals surface area contributed by atoms with Crippen LogP contribution in [0.4, 0.5) is 22.0 Å². The van der Waals surface area contributed by atoms with E-state index in [1.807, 2.05) is 0 Å². The standard InChI is InChI=1S/C21H25F5N2O4/c1-10-14(11-7-8-12(22)15(23)16(11)31-3)17(32-20(10,2)21(24,25)26)19(30)28-13-6-4-5-9-27-18(13)29/h7-8,10,13-14,17H,4-6,9H2,1-3H3,(H,27,29)(H,28,30)/t10-,13-,14-,17+,20+/m0/s1. The quantitative estimate of drug-likeness (QED) is 0.672. The largest absolute Gasteiger partial charge is 0.493 e. The van der Waals surface area contributed by atoms with Crippen molar-refractivity contribution >= 4 is 11.8 Å². The van der Waals surface area contributed by atoms with E-state index < -0.39 is 65.0 Å². The Morgan fingerprint density at radius 1 is 1.28 bits per heavy atom. The van der Waals surface area contributed by atoms with Gasteiger partial charge in [-0.15, -0.1) is 0 Å². The first kappa shape index (κ1) is 24.2. The first-order valence-electron chi connectivity index (χ1n) is 10.3. The molecule has 2 N–H and O–H groups in total. The lowest BCUT2D eigenvalue weighted by atomic mass is 9.77. The molecular weight excluding hydrogens is 439 g/mol. The zero-order valence-corrected chi connectivity index (χ0v) is 17.8. The van der Waals surface area contributed by atoms with Crippen LogP contribution in [-0.2, 0) is 14.3 Å². The van der Waals surface area contributed by atoms with Crippen molar-refractivity contribution in [1.29, 1.82) is 0 Å². The average molecular weight is 464 g/mol. The Balaban J connectivity index is 2.03. The minimum Gasteiger partial charge on any atom is -0.493 e. The second-order valence-corrected chi connectivity index (χ2v) is 8.29. The normalized spacial score (nSPS) is 31.1. The predicted molar refractivity (Wildman–Crippen MR) is 103 cm³/mol. The fraction of sp³-hybridized carbons (Fsp3) is 0.619. The molecule has 3 rings (SSSR count). The van der Waals surface area contributed by atoms with Crippen molar-refractivity contribution in [3.8, 4) is 5.75 Å². The molecule has 11 heteroatoms. The highest BCUT2D eigenvalue weighted by Crippen LogP contribution is 2.54. The third kappa shape index (κ3) is 4.14. The molecule has 2 saturated heterocycles. The average Bonchev–Trinajstić information content (AvgIpc) is 2.85. The van der Waals surface area contributed by atoms with Gasteiger partial charge in [-0.1, -0.05) is 13.0 Å². The van der Waals surface area contributed by atoms with E-state index >= 15 is 0 Å². The van der Waals surface area contributed by atoms with E-state index in [0.717, 1.165) is 26.2 Å². The molecule has 2 fully saturated rings. The number of alkyl halides is 3. The van der Waals surface area contributed by atoms with Crippen LogP contribution in [0, 0.1) is 17.6 Å². The van der Waals surface area contributed by atoms with Crippen LogP contribution in [0.25, 0.3) is 0 Å². The number of hydrogen-bond donors (Lipinski definition) is 2. The maximum atomic E-state index is 14.4. The fourth-order valence-corrected chi connectivity index (χ4v) is 4.37. The van der Waals surface area contributed by atoms with E-state index in [0.29, 0.717) is 25.8 Å². The minimum absolute atomic E-state index is 0.127. The van der Waals surface area contributed by atoms with Crippen LogP contribution in [0.15, 0.2) is 12.1 Å². The molecule has 0 saturated carbocycles. The minimum atomic E-state index is -4.86. The molecule has 0 aliphatic carbocycles. The summed E-state index contributed by atoms with van der Waals surface area (Å²) < 4.78 is 80.1. The van der Waals surface area contributed by atoms with E-state index in [-0.39, 0.29) is 5.56 Å². The smallest absolute Gasteiger partial charge is 0.417 e. The number of nitrogens with one attached hydrogen (secondary N) is 2. The summed E-state index contributed by atoms with van der Waals surface area (Å²) in [5, 5.41) is 5.10. The predicted octanol–water partition coefficient (Wildman–Crippen LogP) is 3.20. The Bertz CT molecular complexity index is 894. The van der Waals surface area contributed by atoms with Crippen molar-refractivity contribution in [2.24, 2.45) is 5.92 Å². The summed E-state index contributed by atoms with van der Waals surface area (Å²) in [5.41, 5.74) is -2.88. The second-order valence-electron chi connectivity index (χ2n) is 8.29. The van der Waals surface area contributed by atoms with E-state index in [2.05, 4.69) is 10.6 Å². The molecule has 0 spiro atoms. The number of carbonyl (C=O) groups excluding carboxylic acids is 2. The van der Waals surface area contributed by atoms with Gasteiger partial charge in [-0.25, -0.2) is 4.39 Å². The highest BCUT2D eigenvalue weighted by Gasteiger charge is 2.66. The molecule has 0 radical (unpaired) electrons. The van der Waals surface area contributed by atoms with Gasteiger partial charge in [-0.2, -0.15) is 17.6 Å². The Morgan fingerprint density at radius 3 is 2.59 bits per heavy atom. The molecule has 2 aliphatic rings. The van der Waals surface area contributed by atoms with Gasteiger partial charge in [-0.3, -0.25) is 9.59 Å². The van der Waals surface area contributed by atoms with Crippen LogP contribution >= 0.6 is 0 Å². The number of ether oxygens (including phenoxy) is 2. The highest BCUT2D eigenvalue weighted by molar-refractivity contribution is 5.90. The fourth-order valence-electron chi connectivity index (χ4n) is 4.37. The second kappa shape index (κ2) is 8.84. The number of hydrogen-bond acceptors (Lipinski definition) is 4. The number of halogens is 5. The zero-order chi connectivity index (χ0) is 23.8. The topological polar surface area (TPSA) is 76.7 Å². The van der Waals surface area contributed by atoms with Crippen LogP contribution < -0.4 is 15.4 Å². The number of carbonyl (C=O) groups is 2. The molecule has 0 unspecified atom stereocenters. The van der Waals surface area contributed by atoms with Crippen molar-refractivity contribution < 1.29 is 41.0 Å². The maximum Gasteiger partial charge on any atom is 0.417 e. The molecule has 2 amide bonds. The maximum absolute atomic E-state index is 14.4. The van der Waals surface area contributed by atoms with E-state index in [1.165, 1.54) is 6.92 Å². The molecule has 0 aromatic heterocycles. The van der Waals surface area contributed by atoms with Crippen LogP contribution in [0.1, 0.15) is 44.6 Å². The number of rotatable bonds is 4. The van der Waals surface area contributed by atoms with E-state index in [9.17, 15) is 31.5 Å². The summed E-state index contributed by atoms with van der Waals surface area (Å²) in [4.78, 5) is 25.3. The van der Waals surface area contributed by atoms with Gasteiger partial charge < -0.3 is 20.1 Å². The van der Waals surface area contributed by atoms with Gasteiger partial charge in [0.2, 0.25) is 17.6 Å². The molecular formula is C21H25F5N2O4. The zero-order valence-electron chi connectivity index (χ0n) is 17.8. The Labute approximate surface area is 181 Å². The molecule has 0 bridgehead atoms. The van der Waals surface area contributed by atoms with Gasteiger partial charge in [0, 0.05) is 23.9 Å². The number of methoxy groups -OCH3 is 1. The molecule has 2 aliphatic heterocycles. The monoisotopic (exact) mass is 464 g/mol. The lowest BCUT2D eigenvalue weighted by Crippen LogP contribution is -2.50. The first-order chi connectivity index (χ1) is 14.9. The third-order valence-corrected chi connectivity index (χ3v) is 6.42. The summed E-state index contributed by atoms with van der Waals surface area (Å²) in [7, 11) is 1.05. The van der Waals surface area contributed by atoms with Crippen LogP contribution in [0.3, 0.4) is 0 Å². The van der Waals surface area contributed by atoms with Crippen molar-refractivity contribution in [3.63, 3.8) is 0 Å². The summed E-state index contributed by atoms with van der Waals surface area (Å²) in [6.07, 6.45) is -4.92. The van der Waals surface area contributed by atoms with Crippen LogP contribution in [0.5, 0.6) is 5.75 Å². The first-order valence-corrected chi connectivity index (χ1v) is 10.3. The molecule has 2 heterocycles. The van der Waals surface area contributed by atoms with Gasteiger partial charge in [0.05, 0.1) is 7.11 Å². The van der Waals surface area contributed by atoms with Gasteiger partial charge in [0.25, 0.3) is 0 Å².